The monoisotopic (exact) mass is 231 g/mol. The Hall–Kier alpha value is -1.84. The van der Waals surface area contributed by atoms with Crippen molar-refractivity contribution >= 4 is 11.9 Å². The minimum absolute atomic E-state index is 0.0720. The van der Waals surface area contributed by atoms with Gasteiger partial charge in [0.15, 0.2) is 5.96 Å². The normalized spacial score (nSPS) is 25.1. The van der Waals surface area contributed by atoms with Crippen molar-refractivity contribution in [3.63, 3.8) is 0 Å². The van der Waals surface area contributed by atoms with Gasteiger partial charge >= 0.3 is 0 Å². The van der Waals surface area contributed by atoms with Gasteiger partial charge in [0.25, 0.3) is 5.91 Å². The van der Waals surface area contributed by atoms with Crippen LogP contribution in [0, 0.1) is 11.3 Å². The molecule has 17 heavy (non-hydrogen) atoms. The van der Waals surface area contributed by atoms with Crippen LogP contribution in [0.1, 0.15) is 25.3 Å². The summed E-state index contributed by atoms with van der Waals surface area (Å²) in [5.41, 5.74) is 11.6. The highest BCUT2D eigenvalue weighted by Crippen LogP contribution is 2.64. The van der Waals surface area contributed by atoms with Crippen LogP contribution in [0.4, 0.5) is 0 Å². The summed E-state index contributed by atoms with van der Waals surface area (Å²) in [6, 6.07) is 9.99. The molecule has 1 aliphatic carbocycles. The van der Waals surface area contributed by atoms with Crippen molar-refractivity contribution in [3.05, 3.63) is 35.9 Å². The number of nitrogens with zero attached hydrogens (tertiary/aromatic N) is 1. The highest BCUT2D eigenvalue weighted by atomic mass is 16.1. The molecule has 4 heteroatoms. The number of benzene rings is 1. The lowest BCUT2D eigenvalue weighted by Crippen LogP contribution is -2.25. The van der Waals surface area contributed by atoms with Crippen LogP contribution in [0.15, 0.2) is 35.3 Å². The molecule has 0 bridgehead atoms. The van der Waals surface area contributed by atoms with Gasteiger partial charge in [0.05, 0.1) is 5.92 Å². The second-order valence-corrected chi connectivity index (χ2v) is 5.06. The van der Waals surface area contributed by atoms with Gasteiger partial charge in [-0.1, -0.05) is 44.2 Å². The molecule has 2 rings (SSSR count). The molecule has 0 unspecified atom stereocenters. The van der Waals surface area contributed by atoms with E-state index in [1.165, 1.54) is 5.56 Å². The van der Waals surface area contributed by atoms with Crippen LogP contribution >= 0.6 is 0 Å². The van der Waals surface area contributed by atoms with Crippen molar-refractivity contribution in [1.29, 1.82) is 0 Å². The van der Waals surface area contributed by atoms with Gasteiger partial charge in [-0.2, -0.15) is 4.99 Å². The predicted molar refractivity (Wildman–Crippen MR) is 67.3 cm³/mol. The molecule has 4 nitrogen and oxygen atoms in total. The van der Waals surface area contributed by atoms with Gasteiger partial charge in [-0.25, -0.2) is 0 Å². The van der Waals surface area contributed by atoms with Gasteiger partial charge in [0, 0.05) is 5.92 Å². The number of nitrogens with two attached hydrogens (primary N) is 2. The van der Waals surface area contributed by atoms with Crippen LogP contribution in [0.25, 0.3) is 0 Å². The quantitative estimate of drug-likeness (QED) is 0.593. The first kappa shape index (κ1) is 11.6. The maximum Gasteiger partial charge on any atom is 0.253 e. The van der Waals surface area contributed by atoms with Crippen molar-refractivity contribution in [2.45, 2.75) is 19.8 Å². The van der Waals surface area contributed by atoms with E-state index in [4.69, 9.17) is 11.5 Å². The van der Waals surface area contributed by atoms with E-state index in [1.807, 2.05) is 30.3 Å². The Labute approximate surface area is 101 Å². The number of hydrogen-bond acceptors (Lipinski definition) is 1. The summed E-state index contributed by atoms with van der Waals surface area (Å²) >= 11 is 0. The number of rotatable bonds is 2. The van der Waals surface area contributed by atoms with Gasteiger partial charge < -0.3 is 11.5 Å². The minimum Gasteiger partial charge on any atom is -0.370 e. The van der Waals surface area contributed by atoms with Crippen molar-refractivity contribution in [1.82, 2.24) is 0 Å². The Balaban J connectivity index is 2.23. The summed E-state index contributed by atoms with van der Waals surface area (Å²) in [6.07, 6.45) is 0. The van der Waals surface area contributed by atoms with Gasteiger partial charge in [-0.3, -0.25) is 4.79 Å². The molecule has 1 fully saturated rings. The van der Waals surface area contributed by atoms with Crippen LogP contribution in [-0.4, -0.2) is 11.9 Å². The lowest BCUT2D eigenvalue weighted by molar-refractivity contribution is -0.119. The number of guanidine groups is 1. The van der Waals surface area contributed by atoms with Crippen LogP contribution in [0.5, 0.6) is 0 Å². The fraction of sp³-hybridized carbons (Fsp3) is 0.385. The van der Waals surface area contributed by atoms with Crippen LogP contribution < -0.4 is 11.5 Å². The predicted octanol–water partition coefficient (Wildman–Crippen LogP) is 1.23. The highest BCUT2D eigenvalue weighted by Gasteiger charge is 2.62. The minimum atomic E-state index is -0.219. The fourth-order valence-electron chi connectivity index (χ4n) is 2.58. The van der Waals surface area contributed by atoms with Crippen molar-refractivity contribution in [2.24, 2.45) is 27.8 Å². The highest BCUT2D eigenvalue weighted by molar-refractivity contribution is 5.95. The molecule has 0 spiro atoms. The Kier molecular flexibility index (Phi) is 2.65. The largest absolute Gasteiger partial charge is 0.370 e. The summed E-state index contributed by atoms with van der Waals surface area (Å²) in [5, 5.41) is 0. The fourth-order valence-corrected chi connectivity index (χ4v) is 2.58. The number of carbonyl (C=O) groups is 1. The molecule has 1 amide bonds. The first-order valence-electron chi connectivity index (χ1n) is 5.63. The van der Waals surface area contributed by atoms with Crippen molar-refractivity contribution < 1.29 is 4.79 Å². The first-order chi connectivity index (χ1) is 7.94. The van der Waals surface area contributed by atoms with E-state index in [-0.39, 0.29) is 29.1 Å². The molecule has 0 aliphatic heterocycles. The summed E-state index contributed by atoms with van der Waals surface area (Å²) in [5.74, 6) is -0.292. The topological polar surface area (TPSA) is 81.5 Å². The maximum atomic E-state index is 11.9. The van der Waals surface area contributed by atoms with Crippen LogP contribution in [-0.2, 0) is 4.79 Å². The molecule has 0 heterocycles. The Morgan fingerprint density at radius 1 is 1.24 bits per heavy atom. The summed E-state index contributed by atoms with van der Waals surface area (Å²) < 4.78 is 0. The van der Waals surface area contributed by atoms with E-state index in [0.717, 1.165) is 0 Å². The van der Waals surface area contributed by atoms with Crippen molar-refractivity contribution in [3.8, 4) is 0 Å². The van der Waals surface area contributed by atoms with E-state index in [9.17, 15) is 4.79 Å². The first-order valence-corrected chi connectivity index (χ1v) is 5.63. The van der Waals surface area contributed by atoms with Gasteiger partial charge in [-0.05, 0) is 11.0 Å². The maximum absolute atomic E-state index is 11.9. The SMILES string of the molecule is CC1(C)[C@H](C(=O)N=C(N)N)[C@H]1c1ccccc1. The zero-order valence-electron chi connectivity index (χ0n) is 10.1. The average Bonchev–Trinajstić information content (AvgIpc) is 2.82. The zero-order valence-corrected chi connectivity index (χ0v) is 10.1. The molecule has 0 radical (unpaired) electrons. The van der Waals surface area contributed by atoms with Gasteiger partial charge in [0.1, 0.15) is 0 Å². The molecule has 1 aromatic carbocycles. The Morgan fingerprint density at radius 2 is 1.82 bits per heavy atom. The molecular weight excluding hydrogens is 214 g/mol. The third kappa shape index (κ3) is 2.02. The Morgan fingerprint density at radius 3 is 2.35 bits per heavy atom. The third-order valence-corrected chi connectivity index (χ3v) is 3.49. The molecule has 4 N–H and O–H groups in total. The summed E-state index contributed by atoms with van der Waals surface area (Å²) in [6.45, 7) is 4.13. The molecule has 0 aromatic heterocycles. The van der Waals surface area contributed by atoms with E-state index < -0.39 is 0 Å². The van der Waals surface area contributed by atoms with Crippen LogP contribution in [0.3, 0.4) is 0 Å². The smallest absolute Gasteiger partial charge is 0.253 e. The number of aliphatic imine (C=N–C) groups is 1. The third-order valence-electron chi connectivity index (χ3n) is 3.49. The molecular formula is C13H17N3O. The lowest BCUT2D eigenvalue weighted by atomic mass is 10.0. The molecule has 1 aromatic rings. The van der Waals surface area contributed by atoms with Gasteiger partial charge in [0.2, 0.25) is 0 Å². The number of carbonyl (C=O) groups excluding carboxylic acids is 1. The zero-order chi connectivity index (χ0) is 12.6. The standard InChI is InChI=1S/C13H17N3O/c1-13(2)9(8-6-4-3-5-7-8)10(13)11(17)16-12(14)15/h3-7,9-10H,1-2H3,(H4,14,15,16,17)/t9-,10+/m1/s1. The number of amides is 1. The summed E-state index contributed by atoms with van der Waals surface area (Å²) in [7, 11) is 0. The Bertz CT molecular complexity index is 461. The molecule has 1 saturated carbocycles. The molecule has 2 atom stereocenters. The lowest BCUT2D eigenvalue weighted by Gasteiger charge is -2.01. The van der Waals surface area contributed by atoms with E-state index >= 15 is 0 Å². The average molecular weight is 231 g/mol. The van der Waals surface area contributed by atoms with E-state index in [0.29, 0.717) is 0 Å². The molecule has 1 aliphatic rings. The van der Waals surface area contributed by atoms with Crippen LogP contribution in [0.2, 0.25) is 0 Å². The van der Waals surface area contributed by atoms with Crippen molar-refractivity contribution in [2.75, 3.05) is 0 Å². The van der Waals surface area contributed by atoms with E-state index in [2.05, 4.69) is 18.8 Å². The molecule has 90 valence electrons. The molecule has 0 saturated heterocycles. The second-order valence-electron chi connectivity index (χ2n) is 5.06. The second kappa shape index (κ2) is 3.87. The number of hydrogen-bond donors (Lipinski definition) is 2. The summed E-state index contributed by atoms with van der Waals surface area (Å²) in [4.78, 5) is 15.5. The van der Waals surface area contributed by atoms with Gasteiger partial charge in [-0.15, -0.1) is 0 Å². The van der Waals surface area contributed by atoms with E-state index in [1.54, 1.807) is 0 Å².